The maximum absolute atomic E-state index is 10.1. The molecule has 0 radical (unpaired) electrons. The summed E-state index contributed by atoms with van der Waals surface area (Å²) >= 11 is 0. The van der Waals surface area contributed by atoms with E-state index < -0.39 is 6.10 Å². The standard InChI is InChI=1S/C16H20N2O/c17-9-12-1-3-13(4-2-12)15(19)10-18-11-16(7-8-16)14-5-6-14/h1-4,14-15,18-19H,5-8,10-11H2. The van der Waals surface area contributed by atoms with Gasteiger partial charge >= 0.3 is 0 Å². The van der Waals surface area contributed by atoms with Gasteiger partial charge in [-0.05, 0) is 54.7 Å². The third-order valence-corrected chi connectivity index (χ3v) is 4.57. The summed E-state index contributed by atoms with van der Waals surface area (Å²) in [5.41, 5.74) is 2.09. The molecule has 3 rings (SSSR count). The van der Waals surface area contributed by atoms with Gasteiger partial charge in [-0.2, -0.15) is 5.26 Å². The molecule has 1 aromatic rings. The number of nitrogens with one attached hydrogen (secondary N) is 1. The molecule has 19 heavy (non-hydrogen) atoms. The van der Waals surface area contributed by atoms with Crippen LogP contribution in [0.1, 0.15) is 42.9 Å². The van der Waals surface area contributed by atoms with Crippen molar-refractivity contribution in [3.63, 3.8) is 0 Å². The maximum Gasteiger partial charge on any atom is 0.0991 e. The highest BCUT2D eigenvalue weighted by atomic mass is 16.3. The van der Waals surface area contributed by atoms with Gasteiger partial charge in [-0.15, -0.1) is 0 Å². The summed E-state index contributed by atoms with van der Waals surface area (Å²) in [7, 11) is 0. The van der Waals surface area contributed by atoms with Gasteiger partial charge in [-0.25, -0.2) is 0 Å². The molecule has 2 fully saturated rings. The van der Waals surface area contributed by atoms with Crippen LogP contribution in [0.4, 0.5) is 0 Å². The summed E-state index contributed by atoms with van der Waals surface area (Å²) in [6.07, 6.45) is 5.04. The second-order valence-corrected chi connectivity index (χ2v) is 6.02. The summed E-state index contributed by atoms with van der Waals surface area (Å²) in [5.74, 6) is 0.951. The Kier molecular flexibility index (Phi) is 3.30. The van der Waals surface area contributed by atoms with E-state index in [2.05, 4.69) is 11.4 Å². The predicted molar refractivity (Wildman–Crippen MR) is 73.4 cm³/mol. The summed E-state index contributed by atoms with van der Waals surface area (Å²) in [6, 6.07) is 9.26. The average molecular weight is 256 g/mol. The van der Waals surface area contributed by atoms with Crippen LogP contribution in [0.15, 0.2) is 24.3 Å². The number of hydrogen-bond acceptors (Lipinski definition) is 3. The highest BCUT2D eigenvalue weighted by molar-refractivity contribution is 5.32. The van der Waals surface area contributed by atoms with Gasteiger partial charge in [0.15, 0.2) is 0 Å². The van der Waals surface area contributed by atoms with Gasteiger partial charge in [-0.3, -0.25) is 0 Å². The molecule has 0 aliphatic heterocycles. The number of benzene rings is 1. The monoisotopic (exact) mass is 256 g/mol. The topological polar surface area (TPSA) is 56.0 Å². The summed E-state index contributed by atoms with van der Waals surface area (Å²) in [6.45, 7) is 1.64. The van der Waals surface area contributed by atoms with E-state index in [0.717, 1.165) is 18.0 Å². The molecule has 1 aromatic carbocycles. The first-order chi connectivity index (χ1) is 9.23. The first-order valence-corrected chi connectivity index (χ1v) is 7.12. The lowest BCUT2D eigenvalue weighted by molar-refractivity contribution is 0.171. The number of aliphatic hydroxyl groups is 1. The molecule has 0 heterocycles. The molecule has 1 atom stereocenters. The Balaban J connectivity index is 1.48. The quantitative estimate of drug-likeness (QED) is 0.821. The van der Waals surface area contributed by atoms with E-state index in [9.17, 15) is 5.11 Å². The third kappa shape index (κ3) is 2.80. The molecule has 0 aromatic heterocycles. The number of nitriles is 1. The van der Waals surface area contributed by atoms with E-state index in [-0.39, 0.29) is 0 Å². The minimum Gasteiger partial charge on any atom is -0.387 e. The molecule has 0 amide bonds. The zero-order valence-corrected chi connectivity index (χ0v) is 11.1. The Morgan fingerprint density at radius 3 is 2.53 bits per heavy atom. The minimum absolute atomic E-state index is 0.484. The molecule has 2 N–H and O–H groups in total. The Morgan fingerprint density at radius 1 is 1.32 bits per heavy atom. The van der Waals surface area contributed by atoms with Crippen molar-refractivity contribution in [2.75, 3.05) is 13.1 Å². The molecule has 2 saturated carbocycles. The lowest BCUT2D eigenvalue weighted by Crippen LogP contribution is -2.29. The molecule has 1 unspecified atom stereocenters. The van der Waals surface area contributed by atoms with Gasteiger partial charge in [-0.1, -0.05) is 12.1 Å². The second-order valence-electron chi connectivity index (χ2n) is 6.02. The van der Waals surface area contributed by atoms with Crippen molar-refractivity contribution in [3.8, 4) is 6.07 Å². The van der Waals surface area contributed by atoms with Crippen LogP contribution in [0, 0.1) is 22.7 Å². The SMILES string of the molecule is N#Cc1ccc(C(O)CNCC2(C3CC3)CC2)cc1. The molecular weight excluding hydrogens is 236 g/mol. The normalized spacial score (nSPS) is 21.7. The smallest absolute Gasteiger partial charge is 0.0991 e. The van der Waals surface area contributed by atoms with Crippen molar-refractivity contribution in [1.82, 2.24) is 5.32 Å². The lowest BCUT2D eigenvalue weighted by atomic mass is 10.0. The Bertz CT molecular complexity index is 480. The van der Waals surface area contributed by atoms with Crippen LogP contribution in [0.2, 0.25) is 0 Å². The van der Waals surface area contributed by atoms with E-state index in [1.165, 1.54) is 25.7 Å². The van der Waals surface area contributed by atoms with Gasteiger partial charge in [0.1, 0.15) is 0 Å². The zero-order chi connectivity index (χ0) is 13.3. The zero-order valence-electron chi connectivity index (χ0n) is 11.1. The number of hydrogen-bond donors (Lipinski definition) is 2. The fourth-order valence-corrected chi connectivity index (χ4v) is 2.94. The van der Waals surface area contributed by atoms with Crippen molar-refractivity contribution in [3.05, 3.63) is 35.4 Å². The molecule has 0 spiro atoms. The fourth-order valence-electron chi connectivity index (χ4n) is 2.94. The minimum atomic E-state index is -0.484. The van der Waals surface area contributed by atoms with E-state index >= 15 is 0 Å². The second kappa shape index (κ2) is 4.96. The van der Waals surface area contributed by atoms with Crippen molar-refractivity contribution in [1.29, 1.82) is 5.26 Å². The molecule has 100 valence electrons. The summed E-state index contributed by atoms with van der Waals surface area (Å²) in [4.78, 5) is 0. The van der Waals surface area contributed by atoms with Gasteiger partial charge in [0.05, 0.1) is 17.7 Å². The van der Waals surface area contributed by atoms with Crippen LogP contribution in [-0.4, -0.2) is 18.2 Å². The van der Waals surface area contributed by atoms with Crippen molar-refractivity contribution >= 4 is 0 Å². The molecule has 0 bridgehead atoms. The number of rotatable bonds is 6. The van der Waals surface area contributed by atoms with E-state index in [4.69, 9.17) is 5.26 Å². The van der Waals surface area contributed by atoms with Crippen molar-refractivity contribution in [2.24, 2.45) is 11.3 Å². The van der Waals surface area contributed by atoms with Gasteiger partial charge in [0, 0.05) is 13.1 Å². The lowest BCUT2D eigenvalue weighted by Gasteiger charge is -2.17. The Labute approximate surface area is 114 Å². The van der Waals surface area contributed by atoms with Crippen LogP contribution in [0.3, 0.4) is 0 Å². The first-order valence-electron chi connectivity index (χ1n) is 7.12. The van der Waals surface area contributed by atoms with E-state index in [0.29, 0.717) is 17.5 Å². The van der Waals surface area contributed by atoms with Gasteiger partial charge in [0.2, 0.25) is 0 Å². The molecule has 2 aliphatic rings. The van der Waals surface area contributed by atoms with Crippen molar-refractivity contribution in [2.45, 2.75) is 31.8 Å². The van der Waals surface area contributed by atoms with Crippen LogP contribution in [0.5, 0.6) is 0 Å². The Morgan fingerprint density at radius 2 is 2.00 bits per heavy atom. The van der Waals surface area contributed by atoms with Crippen LogP contribution >= 0.6 is 0 Å². The maximum atomic E-state index is 10.1. The van der Waals surface area contributed by atoms with E-state index in [1.807, 2.05) is 12.1 Å². The van der Waals surface area contributed by atoms with Crippen LogP contribution < -0.4 is 5.32 Å². The van der Waals surface area contributed by atoms with Crippen LogP contribution in [0.25, 0.3) is 0 Å². The first kappa shape index (κ1) is 12.7. The van der Waals surface area contributed by atoms with Gasteiger partial charge in [0.25, 0.3) is 0 Å². The molecular formula is C16H20N2O. The molecule has 3 heteroatoms. The number of aliphatic hydroxyl groups excluding tert-OH is 1. The third-order valence-electron chi connectivity index (χ3n) is 4.57. The fraction of sp³-hybridized carbons (Fsp3) is 0.562. The molecule has 2 aliphatic carbocycles. The average Bonchev–Trinajstić information content (AvgIpc) is 3.30. The van der Waals surface area contributed by atoms with Crippen LogP contribution in [-0.2, 0) is 0 Å². The highest BCUT2D eigenvalue weighted by Crippen LogP contribution is 2.60. The molecule has 0 saturated heterocycles. The van der Waals surface area contributed by atoms with E-state index in [1.54, 1.807) is 12.1 Å². The molecule has 3 nitrogen and oxygen atoms in total. The summed E-state index contributed by atoms with van der Waals surface area (Å²) in [5, 5.41) is 22.3. The summed E-state index contributed by atoms with van der Waals surface area (Å²) < 4.78 is 0. The predicted octanol–water partition coefficient (Wildman–Crippen LogP) is 2.37. The van der Waals surface area contributed by atoms with Gasteiger partial charge < -0.3 is 10.4 Å². The Hall–Kier alpha value is -1.37. The van der Waals surface area contributed by atoms with Crippen molar-refractivity contribution < 1.29 is 5.11 Å². The largest absolute Gasteiger partial charge is 0.387 e. The number of nitrogens with zero attached hydrogens (tertiary/aromatic N) is 1. The highest BCUT2D eigenvalue weighted by Gasteiger charge is 2.53.